The van der Waals surface area contributed by atoms with Crippen LogP contribution in [0.1, 0.15) is 36.5 Å². The number of alkyl carbamates (subject to hydrolysis) is 1. The number of nitrogens with one attached hydrogen (secondary N) is 2. The fourth-order valence-corrected chi connectivity index (χ4v) is 6.53. The van der Waals surface area contributed by atoms with Gasteiger partial charge >= 0.3 is 6.09 Å². The summed E-state index contributed by atoms with van der Waals surface area (Å²) in [5.74, 6) is 2.52. The minimum Gasteiger partial charge on any atom is -0.497 e. The molecule has 0 bridgehead atoms. The van der Waals surface area contributed by atoms with Crippen molar-refractivity contribution in [2.45, 2.75) is 25.1 Å². The Morgan fingerprint density at radius 1 is 1.04 bits per heavy atom. The van der Waals surface area contributed by atoms with Crippen LogP contribution in [0.4, 0.5) is 4.79 Å². The maximum Gasteiger partial charge on any atom is 0.407 e. The molecular formula is C34H32ClN5O6. The summed E-state index contributed by atoms with van der Waals surface area (Å²) in [7, 11) is 4.51. The predicted octanol–water partition coefficient (Wildman–Crippen LogP) is 6.33. The van der Waals surface area contributed by atoms with Gasteiger partial charge < -0.3 is 38.7 Å². The number of aromatic amines is 1. The molecule has 236 valence electrons. The topological polar surface area (TPSA) is 120 Å². The molecule has 2 aromatic heterocycles. The molecule has 2 aliphatic heterocycles. The molecule has 5 aromatic rings. The highest BCUT2D eigenvalue weighted by molar-refractivity contribution is 6.31. The van der Waals surface area contributed by atoms with Gasteiger partial charge in [0, 0.05) is 39.7 Å². The van der Waals surface area contributed by atoms with Crippen LogP contribution < -0.4 is 19.5 Å². The molecule has 0 radical (unpaired) electrons. The Hall–Kier alpha value is -5.16. The van der Waals surface area contributed by atoms with E-state index in [1.54, 1.807) is 25.3 Å². The molecule has 11 nitrogen and oxygen atoms in total. The Morgan fingerprint density at radius 2 is 1.85 bits per heavy atom. The first-order chi connectivity index (χ1) is 22.4. The minimum atomic E-state index is -0.643. The van der Waals surface area contributed by atoms with Crippen LogP contribution in [0.25, 0.3) is 33.4 Å². The number of hydrogen-bond donors (Lipinski definition) is 2. The Morgan fingerprint density at radius 3 is 2.61 bits per heavy atom. The number of likely N-dealkylation sites (tertiary alicyclic amines) is 1. The van der Waals surface area contributed by atoms with Gasteiger partial charge in [0.05, 0.1) is 50.5 Å². The number of hydrogen-bond acceptors (Lipinski definition) is 7. The fourth-order valence-electron chi connectivity index (χ4n) is 6.35. The second-order valence-corrected chi connectivity index (χ2v) is 11.6. The third kappa shape index (κ3) is 5.26. The lowest BCUT2D eigenvalue weighted by atomic mass is 10.0. The lowest BCUT2D eigenvalue weighted by Gasteiger charge is -2.31. The molecular weight excluding hydrogens is 610 g/mol. The third-order valence-corrected chi connectivity index (χ3v) is 8.79. The molecule has 1 saturated heterocycles. The van der Waals surface area contributed by atoms with Crippen molar-refractivity contribution in [1.29, 1.82) is 0 Å². The van der Waals surface area contributed by atoms with Crippen LogP contribution in [0, 0.1) is 0 Å². The molecule has 2 N–H and O–H groups in total. The van der Waals surface area contributed by atoms with Crippen LogP contribution in [-0.2, 0) is 9.53 Å². The third-order valence-electron chi connectivity index (χ3n) is 8.56. The van der Waals surface area contributed by atoms with Crippen molar-refractivity contribution in [2.75, 3.05) is 34.4 Å². The van der Waals surface area contributed by atoms with Crippen LogP contribution in [0.15, 0.2) is 66.9 Å². The first kappa shape index (κ1) is 29.5. The van der Waals surface area contributed by atoms with Crippen LogP contribution in [0.3, 0.4) is 0 Å². The summed E-state index contributed by atoms with van der Waals surface area (Å²) in [5.41, 5.74) is 5.45. The molecule has 7 rings (SSSR count). The first-order valence-electron chi connectivity index (χ1n) is 14.9. The van der Waals surface area contributed by atoms with Crippen LogP contribution in [-0.4, -0.2) is 65.9 Å². The monoisotopic (exact) mass is 641 g/mol. The maximum atomic E-state index is 12.9. The molecule has 2 atom stereocenters. The van der Waals surface area contributed by atoms with Crippen molar-refractivity contribution >= 4 is 34.5 Å². The summed E-state index contributed by atoms with van der Waals surface area (Å²) >= 11 is 6.39. The Balaban J connectivity index is 1.24. The normalized spacial score (nSPS) is 16.8. The van der Waals surface area contributed by atoms with Crippen molar-refractivity contribution in [3.63, 3.8) is 0 Å². The number of imidazole rings is 1. The number of carbonyl (C=O) groups is 2. The van der Waals surface area contributed by atoms with Crippen LogP contribution in [0.2, 0.25) is 5.02 Å². The number of fused-ring (bicyclic) bond motifs is 5. The summed E-state index contributed by atoms with van der Waals surface area (Å²) < 4.78 is 24.7. The molecule has 2 aliphatic rings. The second kappa shape index (κ2) is 12.0. The highest BCUT2D eigenvalue weighted by Gasteiger charge is 2.33. The lowest BCUT2D eigenvalue weighted by molar-refractivity contribution is -0.131. The summed E-state index contributed by atoms with van der Waals surface area (Å²) in [5, 5.41) is 4.12. The number of ether oxygens (including phenoxy) is 4. The standard InChI is InChI=1S/C34H32ClN5O6/c1-43-23-12-21(13-24(16-23)44-2)33-40-27-9-7-22(35)11-20(27)14-29(40)25-8-6-19(15-30(25)46-33)26-17-36-32(38-26)28-5-4-10-39(28)31(41)18-37-34(42)45-3/h6-9,11-17,28,33H,4-5,10,18H2,1-3H3,(H,36,38)(H,37,42). The van der Waals surface area contributed by atoms with Gasteiger partial charge in [0.15, 0.2) is 0 Å². The van der Waals surface area contributed by atoms with E-state index in [1.165, 1.54) is 7.11 Å². The molecule has 2 amide bonds. The van der Waals surface area contributed by atoms with Crippen molar-refractivity contribution < 1.29 is 28.5 Å². The van der Waals surface area contributed by atoms with Crippen molar-refractivity contribution in [2.24, 2.45) is 0 Å². The molecule has 2 unspecified atom stereocenters. The number of benzene rings is 3. The summed E-state index contributed by atoms with van der Waals surface area (Å²) in [6, 6.07) is 19.5. The van der Waals surface area contributed by atoms with Crippen LogP contribution in [0.5, 0.6) is 17.2 Å². The van der Waals surface area contributed by atoms with Gasteiger partial charge in [0.25, 0.3) is 0 Å². The smallest absolute Gasteiger partial charge is 0.407 e. The zero-order valence-electron chi connectivity index (χ0n) is 25.5. The summed E-state index contributed by atoms with van der Waals surface area (Å²) in [4.78, 5) is 34.2. The molecule has 0 aliphatic carbocycles. The molecule has 0 spiro atoms. The number of nitrogens with zero attached hydrogens (tertiary/aromatic N) is 3. The van der Waals surface area contributed by atoms with Gasteiger partial charge in [-0.25, -0.2) is 9.78 Å². The van der Waals surface area contributed by atoms with Crippen molar-refractivity contribution in [1.82, 2.24) is 24.8 Å². The van der Waals surface area contributed by atoms with E-state index in [0.29, 0.717) is 34.6 Å². The average Bonchev–Trinajstić information content (AvgIpc) is 3.84. The summed E-state index contributed by atoms with van der Waals surface area (Å²) in [6.07, 6.45) is 2.22. The predicted molar refractivity (Wildman–Crippen MR) is 172 cm³/mol. The molecule has 12 heteroatoms. The van der Waals surface area contributed by atoms with E-state index in [2.05, 4.69) is 30.7 Å². The zero-order chi connectivity index (χ0) is 31.9. The van der Waals surface area contributed by atoms with Gasteiger partial charge in [0.1, 0.15) is 29.6 Å². The van der Waals surface area contributed by atoms with Crippen LogP contribution >= 0.6 is 11.6 Å². The SMILES string of the molecule is COC(=O)NCC(=O)N1CCCC1c1ncc(-c2ccc3c(c2)OC(c2cc(OC)cc(OC)c2)n2c-3cc3cc(Cl)ccc32)[nH]1. The van der Waals surface area contributed by atoms with Crippen molar-refractivity contribution in [3.05, 3.63) is 83.3 Å². The Kier molecular flexibility index (Phi) is 7.69. The fraction of sp³-hybridized carbons (Fsp3) is 0.265. The number of aromatic nitrogens is 3. The van der Waals surface area contributed by atoms with E-state index in [1.807, 2.05) is 54.6 Å². The number of H-pyrrole nitrogens is 1. The van der Waals surface area contributed by atoms with Gasteiger partial charge in [0.2, 0.25) is 12.1 Å². The van der Waals surface area contributed by atoms with E-state index < -0.39 is 12.3 Å². The lowest BCUT2D eigenvalue weighted by Crippen LogP contribution is -2.40. The Labute approximate surface area is 270 Å². The molecule has 46 heavy (non-hydrogen) atoms. The largest absolute Gasteiger partial charge is 0.497 e. The highest BCUT2D eigenvalue weighted by Crippen LogP contribution is 2.46. The molecule has 0 saturated carbocycles. The zero-order valence-corrected chi connectivity index (χ0v) is 26.3. The number of carbonyl (C=O) groups excluding carboxylic acids is 2. The number of methoxy groups -OCH3 is 3. The Bertz CT molecular complexity index is 1950. The van der Waals surface area contributed by atoms with Gasteiger partial charge in [-0.15, -0.1) is 0 Å². The molecule has 3 aromatic carbocycles. The number of halogens is 1. The molecule has 1 fully saturated rings. The van der Waals surface area contributed by atoms with Gasteiger partial charge in [-0.05, 0) is 61.4 Å². The number of amides is 2. The second-order valence-electron chi connectivity index (χ2n) is 11.2. The van der Waals surface area contributed by atoms with E-state index >= 15 is 0 Å². The van der Waals surface area contributed by atoms with E-state index in [9.17, 15) is 9.59 Å². The first-order valence-corrected chi connectivity index (χ1v) is 15.3. The molecule has 4 heterocycles. The highest BCUT2D eigenvalue weighted by atomic mass is 35.5. The minimum absolute atomic E-state index is 0.137. The van der Waals surface area contributed by atoms with Crippen molar-refractivity contribution in [3.8, 4) is 39.8 Å². The summed E-state index contributed by atoms with van der Waals surface area (Å²) in [6.45, 7) is 0.451. The average molecular weight is 642 g/mol. The number of rotatable bonds is 7. The van der Waals surface area contributed by atoms with E-state index in [-0.39, 0.29) is 18.5 Å². The maximum absolute atomic E-state index is 12.9. The van der Waals surface area contributed by atoms with Gasteiger partial charge in [-0.3, -0.25) is 4.79 Å². The van der Waals surface area contributed by atoms with E-state index in [4.69, 9.17) is 25.8 Å². The van der Waals surface area contributed by atoms with Gasteiger partial charge in [-0.1, -0.05) is 17.7 Å². The van der Waals surface area contributed by atoms with E-state index in [0.717, 1.165) is 51.8 Å². The van der Waals surface area contributed by atoms with Gasteiger partial charge in [-0.2, -0.15) is 0 Å². The quantitative estimate of drug-likeness (QED) is 0.213.